The van der Waals surface area contributed by atoms with Gasteiger partial charge in [-0.2, -0.15) is 0 Å². The largest absolute Gasteiger partial charge is 0.378 e. The first-order chi connectivity index (χ1) is 9.08. The van der Waals surface area contributed by atoms with Gasteiger partial charge in [-0.1, -0.05) is 0 Å². The third-order valence-corrected chi connectivity index (χ3v) is 3.18. The number of hydrogen-bond acceptors (Lipinski definition) is 5. The number of anilines is 1. The van der Waals surface area contributed by atoms with E-state index in [4.69, 9.17) is 5.73 Å². The molecule has 0 bridgehead atoms. The summed E-state index contributed by atoms with van der Waals surface area (Å²) in [4.78, 5) is 21.5. The van der Waals surface area contributed by atoms with Crippen LogP contribution < -0.4 is 16.4 Å². The minimum Gasteiger partial charge on any atom is -0.378 e. The second-order valence-electron chi connectivity index (χ2n) is 4.53. The molecule has 0 aromatic heterocycles. The van der Waals surface area contributed by atoms with Crippen molar-refractivity contribution in [1.29, 1.82) is 0 Å². The van der Waals surface area contributed by atoms with Gasteiger partial charge in [0.25, 0.3) is 5.69 Å². The van der Waals surface area contributed by atoms with Crippen molar-refractivity contribution in [3.8, 4) is 0 Å². The molecule has 1 atom stereocenters. The van der Waals surface area contributed by atoms with Crippen molar-refractivity contribution in [3.63, 3.8) is 0 Å². The fourth-order valence-corrected chi connectivity index (χ4v) is 2.15. The molecule has 102 valence electrons. The van der Waals surface area contributed by atoms with E-state index in [1.807, 2.05) is 0 Å². The zero-order valence-electron chi connectivity index (χ0n) is 10.4. The maximum Gasteiger partial charge on any atom is 0.293 e. The summed E-state index contributed by atoms with van der Waals surface area (Å²) < 4.78 is 0. The maximum atomic E-state index is 11.0. The Bertz CT molecular complexity index is 498. The maximum absolute atomic E-state index is 11.0. The molecule has 1 aromatic rings. The van der Waals surface area contributed by atoms with E-state index in [1.54, 1.807) is 0 Å². The lowest BCUT2D eigenvalue weighted by molar-refractivity contribution is -0.384. The van der Waals surface area contributed by atoms with Crippen molar-refractivity contribution in [2.75, 3.05) is 18.4 Å². The predicted octanol–water partition coefficient (Wildman–Crippen LogP) is 0.858. The molecule has 7 heteroatoms. The van der Waals surface area contributed by atoms with Gasteiger partial charge in [-0.25, -0.2) is 0 Å². The molecule has 0 saturated carbocycles. The van der Waals surface area contributed by atoms with Gasteiger partial charge in [0.05, 0.1) is 4.92 Å². The van der Waals surface area contributed by atoms with Crippen LogP contribution in [0.1, 0.15) is 23.2 Å². The van der Waals surface area contributed by atoms with Crippen LogP contribution in [0.2, 0.25) is 0 Å². The van der Waals surface area contributed by atoms with Gasteiger partial charge in [-0.05, 0) is 31.5 Å². The Balaban J connectivity index is 2.14. The molecule has 1 unspecified atom stereocenters. The number of carbonyl (C=O) groups is 1. The third-order valence-electron chi connectivity index (χ3n) is 3.18. The topological polar surface area (TPSA) is 110 Å². The molecule has 1 aliphatic heterocycles. The van der Waals surface area contributed by atoms with Crippen LogP contribution in [-0.4, -0.2) is 30.0 Å². The van der Waals surface area contributed by atoms with Crippen LogP contribution in [0.4, 0.5) is 11.4 Å². The van der Waals surface area contributed by atoms with Crippen molar-refractivity contribution in [3.05, 3.63) is 33.9 Å². The Labute approximate surface area is 110 Å². The van der Waals surface area contributed by atoms with E-state index in [2.05, 4.69) is 10.6 Å². The van der Waals surface area contributed by atoms with Gasteiger partial charge in [0, 0.05) is 24.2 Å². The fourth-order valence-electron chi connectivity index (χ4n) is 2.15. The zero-order chi connectivity index (χ0) is 13.8. The fraction of sp³-hybridized carbons (Fsp3) is 0.417. The molecular formula is C12H16N4O3. The molecular weight excluding hydrogens is 248 g/mol. The number of amides is 1. The molecule has 7 nitrogen and oxygen atoms in total. The number of rotatable bonds is 5. The van der Waals surface area contributed by atoms with E-state index in [0.717, 1.165) is 19.4 Å². The lowest BCUT2D eigenvalue weighted by Gasteiger charge is -2.13. The van der Waals surface area contributed by atoms with Crippen molar-refractivity contribution in [1.82, 2.24) is 5.32 Å². The van der Waals surface area contributed by atoms with Crippen molar-refractivity contribution in [2.45, 2.75) is 18.9 Å². The highest BCUT2D eigenvalue weighted by molar-refractivity contribution is 5.94. The van der Waals surface area contributed by atoms with E-state index in [-0.39, 0.29) is 11.3 Å². The lowest BCUT2D eigenvalue weighted by atomic mass is 10.1. The highest BCUT2D eigenvalue weighted by atomic mass is 16.6. The Morgan fingerprint density at radius 3 is 2.95 bits per heavy atom. The number of nitro groups is 1. The molecule has 19 heavy (non-hydrogen) atoms. The first kappa shape index (κ1) is 13.3. The summed E-state index contributed by atoms with van der Waals surface area (Å²) >= 11 is 0. The van der Waals surface area contributed by atoms with Crippen LogP contribution in [0.3, 0.4) is 0 Å². The van der Waals surface area contributed by atoms with Gasteiger partial charge in [-0.3, -0.25) is 14.9 Å². The summed E-state index contributed by atoms with van der Waals surface area (Å²) in [7, 11) is 0. The Hall–Kier alpha value is -2.15. The monoisotopic (exact) mass is 264 g/mol. The quantitative estimate of drug-likeness (QED) is 0.539. The smallest absolute Gasteiger partial charge is 0.293 e. The number of nitro benzene ring substituents is 1. The van der Waals surface area contributed by atoms with Crippen LogP contribution in [0.25, 0.3) is 0 Å². The molecule has 1 aliphatic rings. The summed E-state index contributed by atoms with van der Waals surface area (Å²) in [5, 5.41) is 17.3. The predicted molar refractivity (Wildman–Crippen MR) is 71.1 cm³/mol. The van der Waals surface area contributed by atoms with Crippen molar-refractivity contribution < 1.29 is 9.72 Å². The number of carbonyl (C=O) groups excluding carboxylic acids is 1. The summed E-state index contributed by atoms with van der Waals surface area (Å²) in [6.07, 6.45) is 2.18. The normalized spacial score (nSPS) is 18.2. The van der Waals surface area contributed by atoms with E-state index in [9.17, 15) is 14.9 Å². The highest BCUT2D eigenvalue weighted by Gasteiger charge is 2.19. The molecule has 0 spiro atoms. The average Bonchev–Trinajstić information content (AvgIpc) is 2.89. The van der Waals surface area contributed by atoms with Gasteiger partial charge in [0.2, 0.25) is 5.91 Å². The summed E-state index contributed by atoms with van der Waals surface area (Å²) in [5.74, 6) is -0.674. The number of benzene rings is 1. The first-order valence-electron chi connectivity index (χ1n) is 6.13. The molecule has 1 amide bonds. The minimum atomic E-state index is -0.674. The Morgan fingerprint density at radius 1 is 1.58 bits per heavy atom. The number of nitrogens with two attached hydrogens (primary N) is 1. The molecule has 0 aliphatic carbocycles. The standard InChI is InChI=1S/C12H16N4O3/c13-12(17)8-3-4-10(11(6-8)16(18)19)15-7-9-2-1-5-14-9/h3-4,6,9,14-15H,1-2,5,7H2,(H2,13,17). The van der Waals surface area contributed by atoms with Crippen molar-refractivity contribution >= 4 is 17.3 Å². The van der Waals surface area contributed by atoms with Gasteiger partial charge in [0.1, 0.15) is 5.69 Å². The van der Waals surface area contributed by atoms with Gasteiger partial charge >= 0.3 is 0 Å². The summed E-state index contributed by atoms with van der Waals surface area (Å²) in [5.41, 5.74) is 5.53. The van der Waals surface area contributed by atoms with Crippen LogP contribution >= 0.6 is 0 Å². The van der Waals surface area contributed by atoms with Crippen LogP contribution in [-0.2, 0) is 0 Å². The lowest BCUT2D eigenvalue weighted by Crippen LogP contribution is -2.29. The SMILES string of the molecule is NC(=O)c1ccc(NCC2CCCN2)c([N+](=O)[O-])c1. The van der Waals surface area contributed by atoms with Gasteiger partial charge in [-0.15, -0.1) is 0 Å². The van der Waals surface area contributed by atoms with E-state index >= 15 is 0 Å². The molecule has 0 radical (unpaired) electrons. The second-order valence-corrected chi connectivity index (χ2v) is 4.53. The van der Waals surface area contributed by atoms with Crippen LogP contribution in [0.5, 0.6) is 0 Å². The van der Waals surface area contributed by atoms with Gasteiger partial charge in [0.15, 0.2) is 0 Å². The van der Waals surface area contributed by atoms with E-state index in [1.165, 1.54) is 18.2 Å². The molecule has 1 saturated heterocycles. The number of nitrogens with one attached hydrogen (secondary N) is 2. The Morgan fingerprint density at radius 2 is 2.37 bits per heavy atom. The summed E-state index contributed by atoms with van der Waals surface area (Å²) in [6.45, 7) is 1.60. The minimum absolute atomic E-state index is 0.130. The number of primary amides is 1. The summed E-state index contributed by atoms with van der Waals surface area (Å²) in [6, 6.07) is 4.54. The highest BCUT2D eigenvalue weighted by Crippen LogP contribution is 2.25. The number of nitrogens with zero attached hydrogens (tertiary/aromatic N) is 1. The first-order valence-corrected chi connectivity index (χ1v) is 6.13. The van der Waals surface area contributed by atoms with E-state index < -0.39 is 10.8 Å². The molecule has 1 fully saturated rings. The molecule has 1 heterocycles. The molecule has 2 rings (SSSR count). The van der Waals surface area contributed by atoms with Gasteiger partial charge < -0.3 is 16.4 Å². The number of hydrogen-bond donors (Lipinski definition) is 3. The third kappa shape index (κ3) is 3.19. The van der Waals surface area contributed by atoms with Crippen molar-refractivity contribution in [2.24, 2.45) is 5.73 Å². The zero-order valence-corrected chi connectivity index (χ0v) is 10.4. The Kier molecular flexibility index (Phi) is 3.96. The molecule has 1 aromatic carbocycles. The van der Waals surface area contributed by atoms with Crippen LogP contribution in [0, 0.1) is 10.1 Å². The average molecular weight is 264 g/mol. The van der Waals surface area contributed by atoms with Crippen LogP contribution in [0.15, 0.2) is 18.2 Å². The second kappa shape index (κ2) is 5.66. The van der Waals surface area contributed by atoms with E-state index in [0.29, 0.717) is 18.3 Å². The molecule has 4 N–H and O–H groups in total.